The summed E-state index contributed by atoms with van der Waals surface area (Å²) in [6, 6.07) is 14.6. The average molecular weight is 430 g/mol. The fourth-order valence-corrected chi connectivity index (χ4v) is 5.09. The molecule has 3 rings (SSSR count). The molecule has 0 aliphatic heterocycles. The van der Waals surface area contributed by atoms with Gasteiger partial charge in [-0.15, -0.1) is 0 Å². The minimum Gasteiger partial charge on any atom is -0.468 e. The largest absolute Gasteiger partial charge is 0.468 e. The van der Waals surface area contributed by atoms with Crippen LogP contribution in [-0.2, 0) is 26.1 Å². The monoisotopic (exact) mass is 429 g/mol. The summed E-state index contributed by atoms with van der Waals surface area (Å²) in [5.41, 5.74) is 1.63. The first kappa shape index (κ1) is 22.0. The van der Waals surface area contributed by atoms with Crippen molar-refractivity contribution < 1.29 is 17.9 Å². The molecule has 0 spiro atoms. The number of rotatable bonds is 8. The molecule has 8 heteroatoms. The number of fused-ring (bicyclic) bond motifs is 1. The third-order valence-corrected chi connectivity index (χ3v) is 7.08. The number of esters is 1. The Bertz CT molecular complexity index is 1150. The summed E-state index contributed by atoms with van der Waals surface area (Å²) >= 11 is 0. The van der Waals surface area contributed by atoms with Gasteiger partial charge >= 0.3 is 5.97 Å². The Morgan fingerprint density at radius 2 is 1.73 bits per heavy atom. The van der Waals surface area contributed by atoms with Crippen LogP contribution in [0.25, 0.3) is 11.0 Å². The fraction of sp³-hybridized carbons (Fsp3) is 0.364. The third kappa shape index (κ3) is 4.11. The Balaban J connectivity index is 1.85. The lowest BCUT2D eigenvalue weighted by atomic mass is 9.95. The number of aromatic nitrogens is 2. The standard InChI is InChI=1S/C22H27N3O4S/c1-5-22(6-2,21(26)29-4)24-30(27,28)18-13-11-17(12-14-18)15-25-16(3)23-19-9-7-8-10-20(19)25/h7-14,24H,5-6,15H2,1-4H3. The molecule has 0 unspecified atom stereocenters. The van der Waals surface area contributed by atoms with Crippen LogP contribution in [0.5, 0.6) is 0 Å². The Hall–Kier alpha value is -2.71. The number of imidazole rings is 1. The lowest BCUT2D eigenvalue weighted by Crippen LogP contribution is -2.54. The molecule has 0 saturated heterocycles. The minimum absolute atomic E-state index is 0.105. The van der Waals surface area contributed by atoms with Crippen LogP contribution in [0.2, 0.25) is 0 Å². The van der Waals surface area contributed by atoms with Crippen molar-refractivity contribution in [2.75, 3.05) is 7.11 Å². The summed E-state index contributed by atoms with van der Waals surface area (Å²) in [6.45, 7) is 6.04. The normalized spacial score (nSPS) is 12.3. The number of carbonyl (C=O) groups excluding carboxylic acids is 1. The Kier molecular flexibility index (Phi) is 6.28. The molecule has 7 nitrogen and oxygen atoms in total. The predicted octanol–water partition coefficient (Wildman–Crippen LogP) is 3.40. The van der Waals surface area contributed by atoms with Crippen LogP contribution < -0.4 is 4.72 Å². The van der Waals surface area contributed by atoms with Crippen molar-refractivity contribution >= 4 is 27.0 Å². The van der Waals surface area contributed by atoms with E-state index in [4.69, 9.17) is 4.74 Å². The number of nitrogens with one attached hydrogen (secondary N) is 1. The van der Waals surface area contributed by atoms with E-state index in [2.05, 4.69) is 14.3 Å². The lowest BCUT2D eigenvalue weighted by molar-refractivity contribution is -0.148. The quantitative estimate of drug-likeness (QED) is 0.554. The summed E-state index contributed by atoms with van der Waals surface area (Å²) in [5.74, 6) is 0.304. The summed E-state index contributed by atoms with van der Waals surface area (Å²) in [4.78, 5) is 16.9. The van der Waals surface area contributed by atoms with Gasteiger partial charge in [-0.1, -0.05) is 38.1 Å². The molecule has 0 amide bonds. The van der Waals surface area contributed by atoms with Crippen molar-refractivity contribution in [3.63, 3.8) is 0 Å². The van der Waals surface area contributed by atoms with Crippen molar-refractivity contribution in [1.82, 2.24) is 14.3 Å². The number of para-hydroxylation sites is 2. The molecule has 1 aromatic heterocycles. The number of aryl methyl sites for hydroxylation is 1. The second-order valence-electron chi connectivity index (χ2n) is 7.26. The number of ether oxygens (including phenoxy) is 1. The van der Waals surface area contributed by atoms with Gasteiger partial charge in [0.05, 0.1) is 23.0 Å². The maximum absolute atomic E-state index is 12.9. The van der Waals surface area contributed by atoms with E-state index >= 15 is 0 Å². The molecule has 160 valence electrons. The summed E-state index contributed by atoms with van der Waals surface area (Å²) in [6.07, 6.45) is 0.584. The molecule has 3 aromatic rings. The van der Waals surface area contributed by atoms with Gasteiger partial charge < -0.3 is 9.30 Å². The number of hydrogen-bond donors (Lipinski definition) is 1. The summed E-state index contributed by atoms with van der Waals surface area (Å²) < 4.78 is 35.3. The van der Waals surface area contributed by atoms with Gasteiger partial charge in [0.1, 0.15) is 11.4 Å². The predicted molar refractivity (Wildman–Crippen MR) is 116 cm³/mol. The van der Waals surface area contributed by atoms with Gasteiger partial charge in [-0.2, -0.15) is 4.72 Å². The van der Waals surface area contributed by atoms with Crippen LogP contribution in [-0.4, -0.2) is 36.6 Å². The van der Waals surface area contributed by atoms with Gasteiger partial charge in [-0.05, 0) is 49.6 Å². The molecule has 0 bridgehead atoms. The van der Waals surface area contributed by atoms with E-state index in [9.17, 15) is 13.2 Å². The first-order chi connectivity index (χ1) is 14.3. The first-order valence-electron chi connectivity index (χ1n) is 9.89. The molecular weight excluding hydrogens is 402 g/mol. The number of carbonyl (C=O) groups is 1. The molecule has 1 heterocycles. The highest BCUT2D eigenvalue weighted by Crippen LogP contribution is 2.22. The highest BCUT2D eigenvalue weighted by Gasteiger charge is 2.40. The smallest absolute Gasteiger partial charge is 0.327 e. The van der Waals surface area contributed by atoms with E-state index in [0.29, 0.717) is 19.4 Å². The third-order valence-electron chi connectivity index (χ3n) is 5.53. The van der Waals surface area contributed by atoms with Crippen LogP contribution in [0.1, 0.15) is 38.1 Å². The second kappa shape index (κ2) is 8.57. The van der Waals surface area contributed by atoms with Gasteiger partial charge in [0.25, 0.3) is 0 Å². The fourth-order valence-electron chi connectivity index (χ4n) is 3.59. The second-order valence-corrected chi connectivity index (χ2v) is 8.95. The van der Waals surface area contributed by atoms with Gasteiger partial charge in [-0.25, -0.2) is 13.4 Å². The van der Waals surface area contributed by atoms with E-state index in [1.807, 2.05) is 31.2 Å². The van der Waals surface area contributed by atoms with Crippen LogP contribution >= 0.6 is 0 Å². The molecule has 1 N–H and O–H groups in total. The van der Waals surface area contributed by atoms with Crippen LogP contribution in [0.3, 0.4) is 0 Å². The Morgan fingerprint density at radius 1 is 1.10 bits per heavy atom. The molecule has 0 aliphatic rings. The van der Waals surface area contributed by atoms with Crippen molar-refractivity contribution in [1.29, 1.82) is 0 Å². The maximum Gasteiger partial charge on any atom is 0.327 e. The van der Waals surface area contributed by atoms with Gasteiger partial charge in [0.2, 0.25) is 10.0 Å². The zero-order chi connectivity index (χ0) is 21.9. The summed E-state index contributed by atoms with van der Waals surface area (Å²) in [5, 5.41) is 0. The zero-order valence-electron chi connectivity index (χ0n) is 17.7. The highest BCUT2D eigenvalue weighted by molar-refractivity contribution is 7.89. The van der Waals surface area contributed by atoms with E-state index in [0.717, 1.165) is 22.4 Å². The van der Waals surface area contributed by atoms with Gasteiger partial charge in [0, 0.05) is 6.54 Å². The molecule has 0 fully saturated rings. The first-order valence-corrected chi connectivity index (χ1v) is 11.4. The van der Waals surface area contributed by atoms with Crippen LogP contribution in [0, 0.1) is 6.92 Å². The number of methoxy groups -OCH3 is 1. The SMILES string of the molecule is CCC(CC)(NS(=O)(=O)c1ccc(Cn2c(C)nc3ccccc32)cc1)C(=O)OC. The number of benzene rings is 2. The Morgan fingerprint density at radius 3 is 2.33 bits per heavy atom. The van der Waals surface area contributed by atoms with Crippen molar-refractivity contribution in [2.24, 2.45) is 0 Å². The lowest BCUT2D eigenvalue weighted by Gasteiger charge is -2.29. The zero-order valence-corrected chi connectivity index (χ0v) is 18.5. The van der Waals surface area contributed by atoms with Crippen LogP contribution in [0.4, 0.5) is 0 Å². The molecule has 0 radical (unpaired) electrons. The maximum atomic E-state index is 12.9. The van der Waals surface area contributed by atoms with E-state index in [-0.39, 0.29) is 4.90 Å². The number of nitrogens with zero attached hydrogens (tertiary/aromatic N) is 2. The molecule has 0 saturated carbocycles. The molecular formula is C22H27N3O4S. The van der Waals surface area contributed by atoms with Crippen LogP contribution in [0.15, 0.2) is 53.4 Å². The molecule has 0 atom stereocenters. The van der Waals surface area contributed by atoms with E-state index in [1.54, 1.807) is 38.1 Å². The van der Waals surface area contributed by atoms with E-state index < -0.39 is 21.5 Å². The Labute approximate surface area is 177 Å². The average Bonchev–Trinajstić information content (AvgIpc) is 3.07. The van der Waals surface area contributed by atoms with Crippen molar-refractivity contribution in [3.05, 3.63) is 59.9 Å². The highest BCUT2D eigenvalue weighted by atomic mass is 32.2. The topological polar surface area (TPSA) is 90.3 Å². The molecule has 2 aromatic carbocycles. The minimum atomic E-state index is -3.89. The van der Waals surface area contributed by atoms with Crippen molar-refractivity contribution in [3.8, 4) is 0 Å². The van der Waals surface area contributed by atoms with Crippen molar-refractivity contribution in [2.45, 2.75) is 50.6 Å². The van der Waals surface area contributed by atoms with Gasteiger partial charge in [0.15, 0.2) is 0 Å². The number of hydrogen-bond acceptors (Lipinski definition) is 5. The molecule has 30 heavy (non-hydrogen) atoms. The molecule has 0 aliphatic carbocycles. The van der Waals surface area contributed by atoms with E-state index in [1.165, 1.54) is 7.11 Å². The summed E-state index contributed by atoms with van der Waals surface area (Å²) in [7, 11) is -2.63. The number of sulfonamides is 1. The van der Waals surface area contributed by atoms with Gasteiger partial charge in [-0.3, -0.25) is 4.79 Å².